The number of nitrogens with zero attached hydrogens (tertiary/aromatic N) is 2. The lowest BCUT2D eigenvalue weighted by atomic mass is 10.2. The Morgan fingerprint density at radius 2 is 2.26 bits per heavy atom. The van der Waals surface area contributed by atoms with Crippen molar-refractivity contribution >= 4 is 39.6 Å². The van der Waals surface area contributed by atoms with E-state index in [-0.39, 0.29) is 18.4 Å². The summed E-state index contributed by atoms with van der Waals surface area (Å²) in [5.74, 6) is 0.390. The van der Waals surface area contributed by atoms with Crippen LogP contribution in [0.4, 0.5) is 5.13 Å². The van der Waals surface area contributed by atoms with Crippen molar-refractivity contribution in [3.63, 3.8) is 0 Å². The molecule has 1 aliphatic rings. The van der Waals surface area contributed by atoms with Gasteiger partial charge in [-0.2, -0.15) is 0 Å². The van der Waals surface area contributed by atoms with Gasteiger partial charge in [0, 0.05) is 22.5 Å². The fourth-order valence-electron chi connectivity index (χ4n) is 2.29. The van der Waals surface area contributed by atoms with E-state index in [0.29, 0.717) is 24.0 Å². The Labute approximate surface area is 143 Å². The molecule has 0 atom stereocenters. The van der Waals surface area contributed by atoms with Crippen molar-refractivity contribution in [2.45, 2.75) is 26.2 Å². The first kappa shape index (κ1) is 16.1. The smallest absolute Gasteiger partial charge is 0.245 e. The number of amides is 2. The van der Waals surface area contributed by atoms with Gasteiger partial charge in [0.1, 0.15) is 0 Å². The Hall–Kier alpha value is -1.73. The quantitative estimate of drug-likeness (QED) is 0.836. The summed E-state index contributed by atoms with van der Waals surface area (Å²) in [6.07, 6.45) is 4.39. The molecule has 5 nitrogen and oxygen atoms in total. The maximum absolute atomic E-state index is 12.5. The average molecular weight is 349 g/mol. The molecule has 122 valence electrons. The largest absolute Gasteiger partial charge is 0.333 e. The van der Waals surface area contributed by atoms with Crippen LogP contribution in [-0.4, -0.2) is 34.8 Å². The Balaban J connectivity index is 1.58. The fraction of sp³-hybridized carbons (Fsp3) is 0.438. The monoisotopic (exact) mass is 349 g/mol. The minimum atomic E-state index is -0.181. The highest BCUT2D eigenvalue weighted by Gasteiger charge is 2.28. The van der Waals surface area contributed by atoms with Crippen LogP contribution in [0, 0.1) is 12.8 Å². The molecule has 2 aromatic rings. The van der Waals surface area contributed by atoms with Crippen molar-refractivity contribution < 1.29 is 9.59 Å². The normalized spacial score (nSPS) is 13.8. The van der Waals surface area contributed by atoms with E-state index in [2.05, 4.69) is 10.3 Å². The Kier molecular flexibility index (Phi) is 5.07. The van der Waals surface area contributed by atoms with E-state index in [1.807, 2.05) is 24.4 Å². The zero-order valence-electron chi connectivity index (χ0n) is 12.9. The molecule has 0 spiro atoms. The standard InChI is InChI=1S/C16H19N3O2S2/c1-11-8-17-16(23-11)18-14(20)10-19(9-12-4-5-12)15(21)7-13-3-2-6-22-13/h2-3,6,8,12H,4-5,7,9-10H2,1H3,(H,17,18,20). The molecule has 1 aliphatic carbocycles. The van der Waals surface area contributed by atoms with E-state index in [1.54, 1.807) is 22.4 Å². The SMILES string of the molecule is Cc1cnc(NC(=O)CN(CC2CC2)C(=O)Cc2cccs2)s1. The van der Waals surface area contributed by atoms with Gasteiger partial charge in [0.25, 0.3) is 0 Å². The summed E-state index contributed by atoms with van der Waals surface area (Å²) in [5.41, 5.74) is 0. The fourth-order valence-corrected chi connectivity index (χ4v) is 3.66. The summed E-state index contributed by atoms with van der Waals surface area (Å²) in [7, 11) is 0. The van der Waals surface area contributed by atoms with Crippen LogP contribution in [0.25, 0.3) is 0 Å². The predicted octanol–water partition coefficient (Wildman–Crippen LogP) is 2.93. The van der Waals surface area contributed by atoms with Gasteiger partial charge >= 0.3 is 0 Å². The number of thiophene rings is 1. The third-order valence-electron chi connectivity index (χ3n) is 3.64. The molecule has 0 radical (unpaired) electrons. The van der Waals surface area contributed by atoms with Crippen molar-refractivity contribution in [1.29, 1.82) is 0 Å². The number of hydrogen-bond donors (Lipinski definition) is 1. The van der Waals surface area contributed by atoms with Gasteiger partial charge in [0.2, 0.25) is 11.8 Å². The lowest BCUT2D eigenvalue weighted by Crippen LogP contribution is -2.40. The molecule has 3 rings (SSSR count). The van der Waals surface area contributed by atoms with Crippen LogP contribution in [0.5, 0.6) is 0 Å². The topological polar surface area (TPSA) is 62.3 Å². The van der Waals surface area contributed by atoms with Crippen LogP contribution in [0.15, 0.2) is 23.7 Å². The summed E-state index contributed by atoms with van der Waals surface area (Å²) in [4.78, 5) is 32.6. The number of thiazole rings is 1. The number of nitrogens with one attached hydrogen (secondary N) is 1. The van der Waals surface area contributed by atoms with Crippen molar-refractivity contribution in [3.8, 4) is 0 Å². The summed E-state index contributed by atoms with van der Waals surface area (Å²) >= 11 is 3.01. The Morgan fingerprint density at radius 3 is 2.87 bits per heavy atom. The molecule has 0 aliphatic heterocycles. The van der Waals surface area contributed by atoms with Gasteiger partial charge in [-0.1, -0.05) is 6.07 Å². The Bertz CT molecular complexity index is 677. The maximum atomic E-state index is 12.5. The van der Waals surface area contributed by atoms with Crippen LogP contribution in [0.2, 0.25) is 0 Å². The van der Waals surface area contributed by atoms with E-state index in [0.717, 1.165) is 22.6 Å². The number of hydrogen-bond acceptors (Lipinski definition) is 5. The van der Waals surface area contributed by atoms with E-state index in [1.165, 1.54) is 11.3 Å². The zero-order chi connectivity index (χ0) is 16.2. The highest BCUT2D eigenvalue weighted by atomic mass is 32.1. The van der Waals surface area contributed by atoms with E-state index in [9.17, 15) is 9.59 Å². The molecule has 2 amide bonds. The van der Waals surface area contributed by atoms with Gasteiger partial charge in [-0.3, -0.25) is 9.59 Å². The lowest BCUT2D eigenvalue weighted by Gasteiger charge is -2.21. The minimum absolute atomic E-state index is 0.0184. The average Bonchev–Trinajstić information content (AvgIpc) is 2.99. The molecule has 1 saturated carbocycles. The number of aromatic nitrogens is 1. The molecular weight excluding hydrogens is 330 g/mol. The molecule has 0 unspecified atom stereocenters. The van der Waals surface area contributed by atoms with Gasteiger partial charge in [-0.15, -0.1) is 22.7 Å². The predicted molar refractivity (Wildman–Crippen MR) is 92.8 cm³/mol. The van der Waals surface area contributed by atoms with E-state index < -0.39 is 0 Å². The molecule has 7 heteroatoms. The van der Waals surface area contributed by atoms with Crippen molar-refractivity contribution in [2.75, 3.05) is 18.4 Å². The molecule has 1 N–H and O–H groups in total. The highest BCUT2D eigenvalue weighted by Crippen LogP contribution is 2.30. The van der Waals surface area contributed by atoms with E-state index in [4.69, 9.17) is 0 Å². The van der Waals surface area contributed by atoms with Gasteiger partial charge in [0.15, 0.2) is 5.13 Å². The second-order valence-corrected chi connectivity index (χ2v) is 8.07. The second-order valence-electron chi connectivity index (χ2n) is 5.80. The third kappa shape index (κ3) is 4.87. The molecule has 23 heavy (non-hydrogen) atoms. The molecule has 0 aromatic carbocycles. The van der Waals surface area contributed by atoms with Gasteiger partial charge in [-0.05, 0) is 37.1 Å². The van der Waals surface area contributed by atoms with Gasteiger partial charge < -0.3 is 10.2 Å². The van der Waals surface area contributed by atoms with Crippen LogP contribution >= 0.6 is 22.7 Å². The first-order valence-electron chi connectivity index (χ1n) is 7.62. The number of carbonyl (C=O) groups is 2. The number of carbonyl (C=O) groups excluding carboxylic acids is 2. The second kappa shape index (κ2) is 7.23. The molecule has 2 aromatic heterocycles. The number of anilines is 1. The minimum Gasteiger partial charge on any atom is -0.333 e. The Morgan fingerprint density at radius 1 is 1.43 bits per heavy atom. The first-order chi connectivity index (χ1) is 11.1. The maximum Gasteiger partial charge on any atom is 0.245 e. The van der Waals surface area contributed by atoms with Crippen LogP contribution in [0.1, 0.15) is 22.6 Å². The molecule has 1 fully saturated rings. The highest BCUT2D eigenvalue weighted by molar-refractivity contribution is 7.15. The van der Waals surface area contributed by atoms with Crippen LogP contribution in [-0.2, 0) is 16.0 Å². The van der Waals surface area contributed by atoms with Crippen LogP contribution < -0.4 is 5.32 Å². The van der Waals surface area contributed by atoms with Crippen LogP contribution in [0.3, 0.4) is 0 Å². The van der Waals surface area contributed by atoms with Crippen molar-refractivity contribution in [2.24, 2.45) is 5.92 Å². The summed E-state index contributed by atoms with van der Waals surface area (Å²) in [6, 6.07) is 3.90. The molecule has 0 saturated heterocycles. The van der Waals surface area contributed by atoms with Crippen molar-refractivity contribution in [3.05, 3.63) is 33.5 Å². The number of aryl methyl sites for hydroxylation is 1. The summed E-state index contributed by atoms with van der Waals surface area (Å²) in [5, 5.41) is 5.33. The summed E-state index contributed by atoms with van der Waals surface area (Å²) in [6.45, 7) is 2.71. The third-order valence-corrected chi connectivity index (χ3v) is 5.34. The van der Waals surface area contributed by atoms with Gasteiger partial charge in [0.05, 0.1) is 13.0 Å². The summed E-state index contributed by atoms with van der Waals surface area (Å²) < 4.78 is 0. The molecular formula is C16H19N3O2S2. The molecule has 2 heterocycles. The van der Waals surface area contributed by atoms with Crippen molar-refractivity contribution in [1.82, 2.24) is 9.88 Å². The zero-order valence-corrected chi connectivity index (χ0v) is 14.6. The van der Waals surface area contributed by atoms with Gasteiger partial charge in [-0.25, -0.2) is 4.98 Å². The van der Waals surface area contributed by atoms with E-state index >= 15 is 0 Å². The number of rotatable bonds is 7. The first-order valence-corrected chi connectivity index (χ1v) is 9.32. The lowest BCUT2D eigenvalue weighted by molar-refractivity contribution is -0.134. The molecule has 0 bridgehead atoms.